The smallest absolute Gasteiger partial charge is 0.276 e. The number of Topliss-reactive ketones (excluding diaryl/α,β-unsaturated/α-hetero) is 3. The zero-order valence-corrected chi connectivity index (χ0v) is 59.6. The Labute approximate surface area is 602 Å². The summed E-state index contributed by atoms with van der Waals surface area (Å²) in [5, 5.41) is 2.18. The van der Waals surface area contributed by atoms with Gasteiger partial charge < -0.3 is 4.90 Å². The average molecular weight is 1410 g/mol. The molecule has 0 spiro atoms. The highest BCUT2D eigenvalue weighted by Gasteiger charge is 2.35. The number of alkyl halides is 2. The Morgan fingerprint density at radius 3 is 1.28 bits per heavy atom. The molecule has 8 aromatic heterocycles. The quantitative estimate of drug-likeness (QED) is 0.109. The molecule has 0 atom stereocenters. The minimum absolute atomic E-state index is 0.00645. The predicted octanol–water partition coefficient (Wildman–Crippen LogP) is 12.2. The van der Waals surface area contributed by atoms with Crippen molar-refractivity contribution in [3.05, 3.63) is 275 Å². The molecule has 0 N–H and O–H groups in total. The number of aromatic nitrogens is 12. The molecule has 12 heterocycles. The van der Waals surface area contributed by atoms with Gasteiger partial charge in [-0.1, -0.05) is 77.9 Å². The number of benzene rings is 4. The lowest BCUT2D eigenvalue weighted by molar-refractivity contribution is -0.0154. The van der Waals surface area contributed by atoms with E-state index in [9.17, 15) is 47.1 Å². The summed E-state index contributed by atoms with van der Waals surface area (Å²) in [6.07, 6.45) is 12.4. The highest BCUT2D eigenvalue weighted by molar-refractivity contribution is 6.05. The van der Waals surface area contributed by atoms with Crippen LogP contribution < -0.4 is 27.1 Å². The lowest BCUT2D eigenvalue weighted by Crippen LogP contribution is -2.36. The van der Waals surface area contributed by atoms with Gasteiger partial charge in [0.05, 0.1) is 43.6 Å². The maximum Gasteiger partial charge on any atom is 0.276 e. The number of carbonyl (C=O) groups is 4. The highest BCUT2D eigenvalue weighted by Crippen LogP contribution is 2.34. The summed E-state index contributed by atoms with van der Waals surface area (Å²) in [6, 6.07) is 40.4. The van der Waals surface area contributed by atoms with Gasteiger partial charge in [0.2, 0.25) is 5.92 Å². The van der Waals surface area contributed by atoms with Crippen LogP contribution in [0, 0.1) is 16.2 Å². The molecule has 4 aliphatic rings. The fraction of sp³-hybridized carbons (Fsp3) is 0.317. The molecule has 0 unspecified atom stereocenters. The zero-order chi connectivity index (χ0) is 74.1. The largest absolute Gasteiger partial charge is 0.310 e. The molecular formula is C82H79F2N13O8. The van der Waals surface area contributed by atoms with Crippen LogP contribution in [0.5, 0.6) is 0 Å². The molecule has 0 bridgehead atoms. The van der Waals surface area contributed by atoms with E-state index in [-0.39, 0.29) is 107 Å². The number of fused-ring (bicyclic) bond motifs is 8. The second kappa shape index (κ2) is 29.3. The summed E-state index contributed by atoms with van der Waals surface area (Å²) in [5.41, 5.74) is 7.32. The van der Waals surface area contributed by atoms with Gasteiger partial charge in [0, 0.05) is 133 Å². The molecule has 16 rings (SSSR count). The second-order valence-electron chi connectivity index (χ2n) is 29.8. The number of hydrogen-bond donors (Lipinski definition) is 0. The fourth-order valence-electron chi connectivity index (χ4n) is 13.9. The first-order valence-corrected chi connectivity index (χ1v) is 35.1. The SMILES string of the molecule is CC1(C)CCc2nc3cc(CC(=O)c4ccncc4)ccc3c(=O)n2C1.CC1(C)Cc2nc3cc(CC(=O)c4ccccn4)ccc3c(=O)n2C1.CN(C(=O)c1ccccn1)c1ccc2c(=O)n3c(nc2c1)CCC(C)(C)C3.O=C(Cc1ccc2c(=O)n3c(nc2c1)CCC(F)(F)CC3)c1ccccn1. The number of pyridine rings is 4. The Kier molecular flexibility index (Phi) is 20.0. The summed E-state index contributed by atoms with van der Waals surface area (Å²) < 4.78 is 34.1. The standard InChI is InChI=1S/C21H22N4O2.C21H21N3O2.C20H17F2N3O2.C20H19N3O2/c1-21(2)10-9-18-23-17-12-14(7-8-15(17)19(26)25(18)13-21)24(3)20(27)16-6-4-5-11-22-16;1-21(2)8-5-19-23-17-11-14(3-4-16(17)20(26)24(19)13-21)12-18(25)15-6-9-22-10-7-15;21-20(22)7-6-18-24-16-11-13(12-17(26)15-3-1-2-9-23-15)4-5-14(16)19(27)25(18)10-8-20;1-20(2)11-18-22-16-9-13(6-7-14(16)19(25)23(18)12-20)10-17(24)15-5-3-4-8-21-15/h4-8,11-12H,9-10,13H2,1-3H3;3-4,6-7,9-11H,5,8,12-13H2,1-2H3;1-5,9,11H,6-8,10,12H2;3-9H,10-12H2,1-2H3. The maximum absolute atomic E-state index is 13.7. The van der Waals surface area contributed by atoms with Crippen molar-refractivity contribution < 1.29 is 28.0 Å². The first kappa shape index (κ1) is 71.8. The van der Waals surface area contributed by atoms with Crippen LogP contribution in [-0.2, 0) is 71.1 Å². The van der Waals surface area contributed by atoms with Gasteiger partial charge in [-0.15, -0.1) is 0 Å². The Hall–Kier alpha value is -11.6. The van der Waals surface area contributed by atoms with E-state index in [4.69, 9.17) is 9.97 Å². The van der Waals surface area contributed by atoms with Crippen LogP contribution in [0.25, 0.3) is 43.6 Å². The van der Waals surface area contributed by atoms with Gasteiger partial charge in [0.1, 0.15) is 40.4 Å². The van der Waals surface area contributed by atoms with Gasteiger partial charge in [0.15, 0.2) is 17.3 Å². The number of anilines is 1. The van der Waals surface area contributed by atoms with E-state index in [0.29, 0.717) is 103 Å². The van der Waals surface area contributed by atoms with Crippen molar-refractivity contribution in [1.82, 2.24) is 58.1 Å². The molecular weight excluding hydrogens is 1330 g/mol. The maximum atomic E-state index is 13.7. The lowest BCUT2D eigenvalue weighted by atomic mass is 9.85. The van der Waals surface area contributed by atoms with Crippen LogP contribution in [0.15, 0.2) is 190 Å². The number of halogens is 2. The van der Waals surface area contributed by atoms with E-state index in [0.717, 1.165) is 60.7 Å². The zero-order valence-electron chi connectivity index (χ0n) is 59.6. The van der Waals surface area contributed by atoms with Crippen LogP contribution in [0.2, 0.25) is 0 Å². The van der Waals surface area contributed by atoms with Crippen molar-refractivity contribution in [3.8, 4) is 0 Å². The van der Waals surface area contributed by atoms with Gasteiger partial charge in [-0.05, 0) is 149 Å². The summed E-state index contributed by atoms with van der Waals surface area (Å²) in [4.78, 5) is 137. The van der Waals surface area contributed by atoms with Crippen molar-refractivity contribution in [2.24, 2.45) is 16.2 Å². The molecule has 0 fully saturated rings. The minimum Gasteiger partial charge on any atom is -0.310 e. The van der Waals surface area contributed by atoms with E-state index in [1.54, 1.807) is 162 Å². The third kappa shape index (κ3) is 16.1. The molecule has 4 aromatic carbocycles. The predicted molar refractivity (Wildman–Crippen MR) is 397 cm³/mol. The van der Waals surface area contributed by atoms with Gasteiger partial charge in [0.25, 0.3) is 28.1 Å². The van der Waals surface area contributed by atoms with Crippen LogP contribution >= 0.6 is 0 Å². The number of hydrogen-bond acceptors (Lipinski definition) is 16. The summed E-state index contributed by atoms with van der Waals surface area (Å²) >= 11 is 0. The van der Waals surface area contributed by atoms with E-state index in [1.807, 2.05) is 28.8 Å². The number of ketones is 3. The molecule has 0 radical (unpaired) electrons. The number of aryl methyl sites for hydroxylation is 3. The molecule has 12 aromatic rings. The van der Waals surface area contributed by atoms with Gasteiger partial charge in [-0.25, -0.2) is 28.7 Å². The number of nitrogens with zero attached hydrogens (tertiary/aromatic N) is 13. The topological polar surface area (TPSA) is 263 Å². The van der Waals surface area contributed by atoms with E-state index >= 15 is 0 Å². The summed E-state index contributed by atoms with van der Waals surface area (Å²) in [6.45, 7) is 15.0. The minimum atomic E-state index is -2.79. The average Bonchev–Trinajstić information content (AvgIpc) is 1.75. The van der Waals surface area contributed by atoms with Crippen molar-refractivity contribution in [2.45, 2.75) is 144 Å². The lowest BCUT2D eigenvalue weighted by Gasteiger charge is -2.32. The van der Waals surface area contributed by atoms with E-state index in [2.05, 4.69) is 71.4 Å². The molecule has 534 valence electrons. The molecule has 105 heavy (non-hydrogen) atoms. The molecule has 4 aliphatic heterocycles. The van der Waals surface area contributed by atoms with E-state index in [1.165, 1.54) is 9.47 Å². The van der Waals surface area contributed by atoms with Crippen molar-refractivity contribution in [2.75, 3.05) is 11.9 Å². The first-order chi connectivity index (χ1) is 50.1. The molecule has 0 saturated heterocycles. The third-order valence-electron chi connectivity index (χ3n) is 19.7. The molecule has 21 nitrogen and oxygen atoms in total. The monoisotopic (exact) mass is 1410 g/mol. The van der Waals surface area contributed by atoms with Crippen molar-refractivity contribution >= 4 is 72.6 Å². The molecule has 23 heteroatoms. The number of carbonyl (C=O) groups excluding carboxylic acids is 4. The summed E-state index contributed by atoms with van der Waals surface area (Å²) in [7, 11) is 1.70. The van der Waals surface area contributed by atoms with Gasteiger partial charge in [-0.3, -0.25) is 76.6 Å². The summed E-state index contributed by atoms with van der Waals surface area (Å²) in [5.74, 6) is -0.266. The molecule has 0 saturated carbocycles. The normalized spacial score (nSPS) is 15.6. The van der Waals surface area contributed by atoms with Crippen LogP contribution in [0.3, 0.4) is 0 Å². The van der Waals surface area contributed by atoms with Gasteiger partial charge in [-0.2, -0.15) is 0 Å². The Morgan fingerprint density at radius 2 is 0.810 bits per heavy atom. The van der Waals surface area contributed by atoms with Crippen molar-refractivity contribution in [3.63, 3.8) is 0 Å². The van der Waals surface area contributed by atoms with Crippen LogP contribution in [0.4, 0.5) is 14.5 Å². The second-order valence-corrected chi connectivity index (χ2v) is 29.8. The first-order valence-electron chi connectivity index (χ1n) is 35.1. The highest BCUT2D eigenvalue weighted by atomic mass is 19.3. The van der Waals surface area contributed by atoms with E-state index < -0.39 is 5.92 Å². The van der Waals surface area contributed by atoms with Crippen LogP contribution in [0.1, 0.15) is 149 Å². The van der Waals surface area contributed by atoms with Gasteiger partial charge >= 0.3 is 0 Å². The third-order valence-corrected chi connectivity index (χ3v) is 19.7. The van der Waals surface area contributed by atoms with Crippen LogP contribution in [-0.4, -0.2) is 94.4 Å². The molecule has 0 aliphatic carbocycles. The molecule has 1 amide bonds. The van der Waals surface area contributed by atoms with Crippen molar-refractivity contribution in [1.29, 1.82) is 0 Å². The number of rotatable bonds is 11. The fourth-order valence-corrected chi connectivity index (χ4v) is 13.9. The Morgan fingerprint density at radius 1 is 0.419 bits per heavy atom. The Balaban J connectivity index is 0.000000124. The Bertz CT molecular complexity index is 5650. The number of amides is 1.